The van der Waals surface area contributed by atoms with Crippen molar-refractivity contribution in [2.75, 3.05) is 57.2 Å². The second-order valence-electron chi connectivity index (χ2n) is 13.2. The molecule has 1 aromatic rings. The second kappa shape index (κ2) is 24.2. The molecule has 0 saturated carbocycles. The van der Waals surface area contributed by atoms with Crippen LogP contribution in [-0.4, -0.2) is 121 Å². The highest BCUT2D eigenvalue weighted by Crippen LogP contribution is 2.29. The van der Waals surface area contributed by atoms with Crippen LogP contribution < -0.4 is 15.4 Å². The lowest BCUT2D eigenvalue weighted by atomic mass is 9.97. The van der Waals surface area contributed by atoms with E-state index in [0.717, 1.165) is 31.2 Å². The van der Waals surface area contributed by atoms with Crippen molar-refractivity contribution in [3.05, 3.63) is 29.3 Å². The number of aryl methyl sites for hydroxylation is 1. The van der Waals surface area contributed by atoms with E-state index >= 15 is 0 Å². The molecule has 0 radical (unpaired) electrons. The Labute approximate surface area is 309 Å². The maximum atomic E-state index is 12.4. The second-order valence-corrected chi connectivity index (χ2v) is 13.9. The Balaban J connectivity index is 1.61. The molecule has 5 N–H and O–H groups in total. The van der Waals surface area contributed by atoms with Crippen molar-refractivity contribution in [1.29, 1.82) is 0 Å². The summed E-state index contributed by atoms with van der Waals surface area (Å²) in [6.45, 7) is 10.5. The smallest absolute Gasteiger partial charge is 0.311 e. The van der Waals surface area contributed by atoms with Crippen LogP contribution in [0, 0.1) is 5.41 Å². The first-order valence-electron chi connectivity index (χ1n) is 17.3. The molecule has 0 bridgehead atoms. The average Bonchev–Trinajstić information content (AvgIpc) is 3.08. The standard InChI is InChI=1S/C35H57IN2O12/c1-24-30(41)31(42)32(43)33(49-24)50-27-12-11-25(21-26(27)23-48-34(44)35(2,3)4)9-8-15-45-17-19-47-20-18-46-16-14-38-28(39)10-6-5-7-13-37-29(40)22-36/h11-12,21,24,30-33,41-43H,5-10,13-20,22-23H2,1-4H3,(H,37,40)(H,38,39)/t24-,30-,31+,32-,33+/m1/s1. The number of carbonyl (C=O) groups is 3. The summed E-state index contributed by atoms with van der Waals surface area (Å²) in [5.41, 5.74) is 0.849. The Hall–Kier alpha value is -2.12. The Bertz CT molecular complexity index is 1150. The first-order valence-corrected chi connectivity index (χ1v) is 18.8. The van der Waals surface area contributed by atoms with E-state index in [1.54, 1.807) is 33.8 Å². The highest BCUT2D eigenvalue weighted by atomic mass is 127. The van der Waals surface area contributed by atoms with E-state index in [-0.39, 0.29) is 24.4 Å². The highest BCUT2D eigenvalue weighted by molar-refractivity contribution is 14.1. The molecule has 1 aliphatic rings. The normalized spacial score (nSPS) is 20.7. The lowest BCUT2D eigenvalue weighted by Crippen LogP contribution is -2.58. The Morgan fingerprint density at radius 1 is 0.820 bits per heavy atom. The maximum absolute atomic E-state index is 12.4. The lowest BCUT2D eigenvalue weighted by molar-refractivity contribution is -0.268. The number of carbonyl (C=O) groups excluding carboxylic acids is 3. The maximum Gasteiger partial charge on any atom is 0.311 e. The minimum absolute atomic E-state index is 0.00435. The lowest BCUT2D eigenvalue weighted by Gasteiger charge is -2.39. The van der Waals surface area contributed by atoms with Gasteiger partial charge in [-0.15, -0.1) is 0 Å². The summed E-state index contributed by atoms with van der Waals surface area (Å²) in [4.78, 5) is 35.5. The summed E-state index contributed by atoms with van der Waals surface area (Å²) in [6, 6.07) is 5.43. The molecule has 1 saturated heterocycles. The van der Waals surface area contributed by atoms with Crippen molar-refractivity contribution in [1.82, 2.24) is 10.6 Å². The predicted octanol–water partition coefficient (Wildman–Crippen LogP) is 2.19. The van der Waals surface area contributed by atoms with E-state index in [4.69, 9.17) is 28.4 Å². The van der Waals surface area contributed by atoms with Crippen LogP contribution in [0.4, 0.5) is 0 Å². The van der Waals surface area contributed by atoms with E-state index in [0.29, 0.717) is 81.3 Å². The van der Waals surface area contributed by atoms with Crippen LogP contribution >= 0.6 is 22.6 Å². The summed E-state index contributed by atoms with van der Waals surface area (Å²) in [7, 11) is 0. The van der Waals surface area contributed by atoms with Gasteiger partial charge in [0, 0.05) is 31.7 Å². The number of esters is 1. The molecule has 14 nitrogen and oxygen atoms in total. The van der Waals surface area contributed by atoms with Gasteiger partial charge in [-0.3, -0.25) is 14.4 Å². The molecule has 0 aromatic heterocycles. The van der Waals surface area contributed by atoms with Crippen LogP contribution in [0.15, 0.2) is 18.2 Å². The molecule has 15 heteroatoms. The van der Waals surface area contributed by atoms with Crippen LogP contribution in [0.25, 0.3) is 0 Å². The third kappa shape index (κ3) is 17.4. The number of alkyl halides is 1. The van der Waals surface area contributed by atoms with Gasteiger partial charge in [0.1, 0.15) is 30.7 Å². The number of rotatable bonds is 24. The number of halogens is 1. The van der Waals surface area contributed by atoms with E-state index < -0.39 is 36.1 Å². The molecule has 2 amide bonds. The minimum Gasteiger partial charge on any atom is -0.462 e. The van der Waals surface area contributed by atoms with Crippen molar-refractivity contribution in [3.63, 3.8) is 0 Å². The Morgan fingerprint density at radius 2 is 1.48 bits per heavy atom. The summed E-state index contributed by atoms with van der Waals surface area (Å²) in [5.74, 6) is -0.0193. The number of aliphatic hydroxyl groups is 3. The quantitative estimate of drug-likeness (QED) is 0.0443. The Kier molecular flexibility index (Phi) is 21.3. The summed E-state index contributed by atoms with van der Waals surface area (Å²) in [6.07, 6.45) is -1.72. The zero-order valence-electron chi connectivity index (χ0n) is 29.8. The number of hydrogen-bond acceptors (Lipinski definition) is 12. The van der Waals surface area contributed by atoms with Crippen molar-refractivity contribution >= 4 is 40.4 Å². The van der Waals surface area contributed by atoms with E-state index in [9.17, 15) is 29.7 Å². The summed E-state index contributed by atoms with van der Waals surface area (Å²) < 4.78 is 34.2. The van der Waals surface area contributed by atoms with Gasteiger partial charge in [-0.05, 0) is 71.1 Å². The van der Waals surface area contributed by atoms with Crippen molar-refractivity contribution in [3.8, 4) is 5.75 Å². The van der Waals surface area contributed by atoms with Crippen LogP contribution in [0.3, 0.4) is 0 Å². The third-order valence-electron chi connectivity index (χ3n) is 7.74. The van der Waals surface area contributed by atoms with Crippen LogP contribution in [0.5, 0.6) is 5.75 Å². The van der Waals surface area contributed by atoms with Gasteiger partial charge in [0.2, 0.25) is 18.1 Å². The van der Waals surface area contributed by atoms with Crippen molar-refractivity contribution in [2.24, 2.45) is 5.41 Å². The molecule has 286 valence electrons. The van der Waals surface area contributed by atoms with Crippen LogP contribution in [0.2, 0.25) is 0 Å². The number of hydrogen-bond donors (Lipinski definition) is 5. The van der Waals surface area contributed by atoms with Crippen LogP contribution in [0.1, 0.15) is 70.9 Å². The fourth-order valence-corrected chi connectivity index (χ4v) is 5.02. The van der Waals surface area contributed by atoms with Crippen molar-refractivity contribution in [2.45, 2.75) is 104 Å². The molecular formula is C35H57IN2O12. The number of nitrogens with one attached hydrogen (secondary N) is 2. The number of ether oxygens (including phenoxy) is 6. The summed E-state index contributed by atoms with van der Waals surface area (Å²) >= 11 is 2.02. The summed E-state index contributed by atoms with van der Waals surface area (Å²) in [5, 5.41) is 36.2. The molecule has 1 fully saturated rings. The molecule has 50 heavy (non-hydrogen) atoms. The van der Waals surface area contributed by atoms with Gasteiger partial charge in [0.25, 0.3) is 0 Å². The molecule has 5 atom stereocenters. The largest absolute Gasteiger partial charge is 0.462 e. The number of unbranched alkanes of at least 4 members (excludes halogenated alkanes) is 2. The molecule has 1 aromatic carbocycles. The van der Waals surface area contributed by atoms with E-state index in [1.165, 1.54) is 0 Å². The number of amides is 2. The van der Waals surface area contributed by atoms with Gasteiger partial charge in [0.05, 0.1) is 49.0 Å². The zero-order chi connectivity index (χ0) is 36.9. The van der Waals surface area contributed by atoms with E-state index in [1.807, 2.05) is 34.7 Å². The average molecular weight is 825 g/mol. The van der Waals surface area contributed by atoms with Gasteiger partial charge in [-0.1, -0.05) is 35.1 Å². The number of aliphatic hydroxyl groups excluding tert-OH is 3. The number of benzene rings is 1. The SMILES string of the molecule is C[C@H]1O[C@@H](Oc2ccc(CCCOCCOCCOCCNC(=O)CCCCCNC(=O)CI)cc2COC(=O)C(C)(C)C)[C@H](O)[C@@H](O)[C@@H]1O. The fourth-order valence-electron chi connectivity index (χ4n) is 4.75. The van der Waals surface area contributed by atoms with Gasteiger partial charge in [0.15, 0.2) is 0 Å². The van der Waals surface area contributed by atoms with Gasteiger partial charge in [-0.2, -0.15) is 0 Å². The third-order valence-corrected chi connectivity index (χ3v) is 8.43. The fraction of sp³-hybridized carbons (Fsp3) is 0.743. The molecule has 0 spiro atoms. The molecule has 1 heterocycles. The highest BCUT2D eigenvalue weighted by Gasteiger charge is 2.43. The first kappa shape index (κ1) is 44.0. The molecular weight excluding hydrogens is 767 g/mol. The molecule has 0 aliphatic carbocycles. The van der Waals surface area contributed by atoms with Crippen LogP contribution in [-0.2, 0) is 51.1 Å². The molecule has 0 unspecified atom stereocenters. The first-order chi connectivity index (χ1) is 23.8. The van der Waals surface area contributed by atoms with Crippen molar-refractivity contribution < 1.29 is 58.1 Å². The molecule has 1 aliphatic heterocycles. The topological polar surface area (TPSA) is 191 Å². The monoisotopic (exact) mass is 824 g/mol. The zero-order valence-corrected chi connectivity index (χ0v) is 32.0. The molecule has 2 rings (SSSR count). The minimum atomic E-state index is -1.47. The van der Waals surface area contributed by atoms with E-state index in [2.05, 4.69) is 10.6 Å². The Morgan fingerprint density at radius 3 is 2.16 bits per heavy atom. The predicted molar refractivity (Wildman–Crippen MR) is 193 cm³/mol. The van der Waals surface area contributed by atoms with Gasteiger partial charge < -0.3 is 54.4 Å². The van der Waals surface area contributed by atoms with Gasteiger partial charge in [-0.25, -0.2) is 0 Å². The van der Waals surface area contributed by atoms with Gasteiger partial charge >= 0.3 is 5.97 Å².